The highest BCUT2D eigenvalue weighted by atomic mass is 15.1. The Labute approximate surface area is 118 Å². The molecule has 0 spiro atoms. The van der Waals surface area contributed by atoms with E-state index in [1.165, 1.54) is 42.6 Å². The molecule has 0 aliphatic carbocycles. The lowest BCUT2D eigenvalue weighted by Gasteiger charge is -2.27. The highest BCUT2D eigenvalue weighted by molar-refractivity contribution is 5.60. The lowest BCUT2D eigenvalue weighted by atomic mass is 9.97. The van der Waals surface area contributed by atoms with Crippen molar-refractivity contribution in [2.45, 2.75) is 52.0 Å². The number of aryl methyl sites for hydroxylation is 1. The van der Waals surface area contributed by atoms with Crippen LogP contribution in [0.3, 0.4) is 0 Å². The van der Waals surface area contributed by atoms with E-state index in [4.69, 9.17) is 0 Å². The molecule has 2 nitrogen and oxygen atoms in total. The minimum absolute atomic E-state index is 0.585. The predicted octanol–water partition coefficient (Wildman–Crippen LogP) is 3.70. The molecule has 1 atom stereocenters. The SMILES string of the molecule is Cc1cccc(C(C)C)c1N(C)CCC1CCCN1. The molecule has 0 bridgehead atoms. The molecule has 1 aliphatic rings. The van der Waals surface area contributed by atoms with Crippen LogP contribution in [0, 0.1) is 6.92 Å². The molecule has 1 N–H and O–H groups in total. The first-order chi connectivity index (χ1) is 9.09. The molecular weight excluding hydrogens is 232 g/mol. The molecule has 1 fully saturated rings. The molecule has 1 unspecified atom stereocenters. The van der Waals surface area contributed by atoms with Gasteiger partial charge < -0.3 is 10.2 Å². The highest BCUT2D eigenvalue weighted by Gasteiger charge is 2.17. The Morgan fingerprint density at radius 2 is 2.16 bits per heavy atom. The molecule has 1 aliphatic heterocycles. The van der Waals surface area contributed by atoms with Gasteiger partial charge in [0.2, 0.25) is 0 Å². The Hall–Kier alpha value is -1.02. The Balaban J connectivity index is 2.06. The third-order valence-electron chi connectivity index (χ3n) is 4.25. The Morgan fingerprint density at radius 1 is 1.37 bits per heavy atom. The average molecular weight is 260 g/mol. The minimum atomic E-state index is 0.585. The van der Waals surface area contributed by atoms with Crippen molar-refractivity contribution in [1.29, 1.82) is 0 Å². The van der Waals surface area contributed by atoms with Crippen molar-refractivity contribution in [2.75, 3.05) is 25.0 Å². The van der Waals surface area contributed by atoms with Gasteiger partial charge in [-0.05, 0) is 49.8 Å². The number of anilines is 1. The molecule has 106 valence electrons. The topological polar surface area (TPSA) is 15.3 Å². The van der Waals surface area contributed by atoms with E-state index in [0.29, 0.717) is 5.92 Å². The van der Waals surface area contributed by atoms with E-state index in [0.717, 1.165) is 12.6 Å². The van der Waals surface area contributed by atoms with E-state index in [2.05, 4.69) is 56.2 Å². The zero-order valence-electron chi connectivity index (χ0n) is 12.9. The van der Waals surface area contributed by atoms with E-state index in [-0.39, 0.29) is 0 Å². The molecule has 0 amide bonds. The summed E-state index contributed by atoms with van der Waals surface area (Å²) in [5, 5.41) is 3.59. The van der Waals surface area contributed by atoms with Gasteiger partial charge >= 0.3 is 0 Å². The van der Waals surface area contributed by atoms with E-state index >= 15 is 0 Å². The van der Waals surface area contributed by atoms with Gasteiger partial charge in [-0.15, -0.1) is 0 Å². The summed E-state index contributed by atoms with van der Waals surface area (Å²) in [6, 6.07) is 7.41. The van der Waals surface area contributed by atoms with Crippen molar-refractivity contribution in [2.24, 2.45) is 0 Å². The van der Waals surface area contributed by atoms with E-state index in [1.807, 2.05) is 0 Å². The first-order valence-electron chi connectivity index (χ1n) is 7.63. The van der Waals surface area contributed by atoms with Crippen molar-refractivity contribution < 1.29 is 0 Å². The van der Waals surface area contributed by atoms with Crippen molar-refractivity contribution in [3.63, 3.8) is 0 Å². The van der Waals surface area contributed by atoms with Gasteiger partial charge in [0, 0.05) is 25.3 Å². The lowest BCUT2D eigenvalue weighted by Crippen LogP contribution is -2.29. The molecule has 2 rings (SSSR count). The van der Waals surface area contributed by atoms with Crippen LogP contribution in [-0.2, 0) is 0 Å². The zero-order chi connectivity index (χ0) is 13.8. The Morgan fingerprint density at radius 3 is 2.79 bits per heavy atom. The van der Waals surface area contributed by atoms with Gasteiger partial charge in [0.15, 0.2) is 0 Å². The second-order valence-corrected chi connectivity index (χ2v) is 6.17. The fourth-order valence-corrected chi connectivity index (χ4v) is 3.13. The molecule has 19 heavy (non-hydrogen) atoms. The van der Waals surface area contributed by atoms with Crippen LogP contribution in [0.5, 0.6) is 0 Å². The Kier molecular flexibility index (Phi) is 4.87. The zero-order valence-corrected chi connectivity index (χ0v) is 12.9. The van der Waals surface area contributed by atoms with Crippen LogP contribution in [-0.4, -0.2) is 26.2 Å². The number of hydrogen-bond acceptors (Lipinski definition) is 2. The summed E-state index contributed by atoms with van der Waals surface area (Å²) in [4.78, 5) is 2.45. The van der Waals surface area contributed by atoms with E-state index < -0.39 is 0 Å². The minimum Gasteiger partial charge on any atom is -0.374 e. The average Bonchev–Trinajstić information content (AvgIpc) is 2.88. The fraction of sp³-hybridized carbons (Fsp3) is 0.647. The molecule has 2 heteroatoms. The molecule has 0 radical (unpaired) electrons. The monoisotopic (exact) mass is 260 g/mol. The van der Waals surface area contributed by atoms with Crippen LogP contribution < -0.4 is 10.2 Å². The summed E-state index contributed by atoms with van der Waals surface area (Å²) in [6.45, 7) is 9.14. The van der Waals surface area contributed by atoms with Gasteiger partial charge in [-0.25, -0.2) is 0 Å². The second-order valence-electron chi connectivity index (χ2n) is 6.17. The van der Waals surface area contributed by atoms with Crippen molar-refractivity contribution in [3.8, 4) is 0 Å². The predicted molar refractivity (Wildman–Crippen MR) is 84.2 cm³/mol. The highest BCUT2D eigenvalue weighted by Crippen LogP contribution is 2.30. The third-order valence-corrected chi connectivity index (χ3v) is 4.25. The van der Waals surface area contributed by atoms with Crippen LogP contribution in [0.4, 0.5) is 5.69 Å². The molecular formula is C17H28N2. The third kappa shape index (κ3) is 3.50. The Bertz CT molecular complexity index is 406. The standard InChI is InChI=1S/C17H28N2/c1-13(2)16-9-5-7-14(3)17(16)19(4)12-10-15-8-6-11-18-15/h5,7,9,13,15,18H,6,8,10-12H2,1-4H3. The van der Waals surface area contributed by atoms with E-state index in [1.54, 1.807) is 0 Å². The molecule has 1 heterocycles. The van der Waals surface area contributed by atoms with Crippen LogP contribution in [0.1, 0.15) is 50.2 Å². The summed E-state index contributed by atoms with van der Waals surface area (Å²) in [7, 11) is 2.24. The van der Waals surface area contributed by atoms with Crippen molar-refractivity contribution >= 4 is 5.69 Å². The summed E-state index contributed by atoms with van der Waals surface area (Å²) in [6.07, 6.45) is 3.94. The molecule has 1 aromatic carbocycles. The number of nitrogens with zero attached hydrogens (tertiary/aromatic N) is 1. The first-order valence-corrected chi connectivity index (χ1v) is 7.63. The quantitative estimate of drug-likeness (QED) is 0.868. The fourth-order valence-electron chi connectivity index (χ4n) is 3.13. The maximum Gasteiger partial charge on any atom is 0.0428 e. The van der Waals surface area contributed by atoms with Crippen LogP contribution in [0.25, 0.3) is 0 Å². The van der Waals surface area contributed by atoms with Gasteiger partial charge in [-0.2, -0.15) is 0 Å². The largest absolute Gasteiger partial charge is 0.374 e. The van der Waals surface area contributed by atoms with Gasteiger partial charge in [0.25, 0.3) is 0 Å². The van der Waals surface area contributed by atoms with Crippen LogP contribution in [0.2, 0.25) is 0 Å². The van der Waals surface area contributed by atoms with Crippen LogP contribution >= 0.6 is 0 Å². The van der Waals surface area contributed by atoms with Gasteiger partial charge in [-0.1, -0.05) is 32.0 Å². The lowest BCUT2D eigenvalue weighted by molar-refractivity contribution is 0.558. The smallest absolute Gasteiger partial charge is 0.0428 e. The molecule has 1 saturated heterocycles. The second kappa shape index (κ2) is 6.42. The molecule has 0 saturated carbocycles. The maximum absolute atomic E-state index is 3.59. The van der Waals surface area contributed by atoms with Crippen molar-refractivity contribution in [1.82, 2.24) is 5.32 Å². The first kappa shape index (κ1) is 14.4. The normalized spacial score (nSPS) is 19.1. The summed E-state index contributed by atoms with van der Waals surface area (Å²) in [5.74, 6) is 0.585. The van der Waals surface area contributed by atoms with E-state index in [9.17, 15) is 0 Å². The molecule has 1 aromatic rings. The van der Waals surface area contributed by atoms with Gasteiger partial charge in [0.05, 0.1) is 0 Å². The summed E-state index contributed by atoms with van der Waals surface area (Å²) < 4.78 is 0. The summed E-state index contributed by atoms with van der Waals surface area (Å²) in [5.41, 5.74) is 4.31. The maximum atomic E-state index is 3.59. The number of hydrogen-bond donors (Lipinski definition) is 1. The number of rotatable bonds is 5. The number of benzene rings is 1. The van der Waals surface area contributed by atoms with Gasteiger partial charge in [-0.3, -0.25) is 0 Å². The summed E-state index contributed by atoms with van der Waals surface area (Å²) >= 11 is 0. The van der Waals surface area contributed by atoms with Crippen LogP contribution in [0.15, 0.2) is 18.2 Å². The number of nitrogens with one attached hydrogen (secondary N) is 1. The number of para-hydroxylation sites is 1. The molecule has 0 aromatic heterocycles. The van der Waals surface area contributed by atoms with Gasteiger partial charge in [0.1, 0.15) is 0 Å². The van der Waals surface area contributed by atoms with Crippen molar-refractivity contribution in [3.05, 3.63) is 29.3 Å².